The summed E-state index contributed by atoms with van der Waals surface area (Å²) in [5, 5.41) is 6.51. The maximum Gasteiger partial charge on any atom is 0.349 e. The van der Waals surface area contributed by atoms with Gasteiger partial charge in [0.25, 0.3) is 5.91 Å². The molecule has 3 aromatic rings. The van der Waals surface area contributed by atoms with Crippen LogP contribution in [0.25, 0.3) is 11.3 Å². The van der Waals surface area contributed by atoms with Gasteiger partial charge in [0.15, 0.2) is 11.7 Å². The molecule has 5 nitrogen and oxygen atoms in total. The van der Waals surface area contributed by atoms with Gasteiger partial charge in [0.2, 0.25) is 0 Å². The molecule has 0 aliphatic heterocycles. The summed E-state index contributed by atoms with van der Waals surface area (Å²) in [7, 11) is 0. The molecule has 128 valence electrons. The summed E-state index contributed by atoms with van der Waals surface area (Å²) in [5.41, 5.74) is 2.20. The van der Waals surface area contributed by atoms with Crippen molar-refractivity contribution >= 4 is 39.7 Å². The van der Waals surface area contributed by atoms with Crippen LogP contribution in [0.3, 0.4) is 0 Å². The highest BCUT2D eigenvalue weighted by Crippen LogP contribution is 2.25. The van der Waals surface area contributed by atoms with E-state index in [1.807, 2.05) is 6.07 Å². The van der Waals surface area contributed by atoms with Crippen molar-refractivity contribution < 1.29 is 18.7 Å². The zero-order valence-electron chi connectivity index (χ0n) is 13.1. The summed E-state index contributed by atoms with van der Waals surface area (Å²) in [6.45, 7) is 1.42. The third-order valence-corrected chi connectivity index (χ3v) is 5.03. The van der Waals surface area contributed by atoms with E-state index in [9.17, 15) is 14.0 Å². The van der Waals surface area contributed by atoms with E-state index in [4.69, 9.17) is 4.74 Å². The van der Waals surface area contributed by atoms with Crippen molar-refractivity contribution in [3.63, 3.8) is 0 Å². The molecule has 0 bridgehead atoms. The molecule has 0 aliphatic carbocycles. The van der Waals surface area contributed by atoms with Crippen molar-refractivity contribution in [3.8, 4) is 11.3 Å². The van der Waals surface area contributed by atoms with Crippen molar-refractivity contribution in [2.45, 2.75) is 6.92 Å². The number of anilines is 1. The van der Waals surface area contributed by atoms with Crippen molar-refractivity contribution in [3.05, 3.63) is 57.3 Å². The minimum Gasteiger partial charge on any atom is -0.451 e. The van der Waals surface area contributed by atoms with E-state index in [2.05, 4.69) is 10.3 Å². The Morgan fingerprint density at radius 3 is 2.64 bits per heavy atom. The van der Waals surface area contributed by atoms with Crippen LogP contribution in [-0.4, -0.2) is 23.5 Å². The quantitative estimate of drug-likeness (QED) is 0.680. The molecule has 0 spiro atoms. The van der Waals surface area contributed by atoms with E-state index < -0.39 is 11.9 Å². The second kappa shape index (κ2) is 7.54. The average molecular weight is 376 g/mol. The maximum atomic E-state index is 12.9. The third-order valence-electron chi connectivity index (χ3n) is 3.27. The number of hydrogen-bond acceptors (Lipinski definition) is 6. The number of thiazole rings is 1. The first-order valence-electron chi connectivity index (χ1n) is 7.25. The molecule has 0 atom stereocenters. The highest BCUT2D eigenvalue weighted by Gasteiger charge is 2.15. The van der Waals surface area contributed by atoms with Gasteiger partial charge < -0.3 is 4.74 Å². The summed E-state index contributed by atoms with van der Waals surface area (Å²) in [6.07, 6.45) is 0. The van der Waals surface area contributed by atoms with Crippen LogP contribution in [0.1, 0.15) is 15.2 Å². The lowest BCUT2D eigenvalue weighted by Gasteiger charge is -2.04. The fourth-order valence-corrected chi connectivity index (χ4v) is 3.57. The van der Waals surface area contributed by atoms with E-state index in [0.29, 0.717) is 15.7 Å². The SMILES string of the molecule is Cc1ccsc1C(=O)OCC(=O)Nc1nc(-c2ccc(F)cc2)cs1. The van der Waals surface area contributed by atoms with Gasteiger partial charge in [-0.2, -0.15) is 0 Å². The van der Waals surface area contributed by atoms with E-state index in [1.54, 1.807) is 29.8 Å². The molecule has 0 saturated heterocycles. The summed E-state index contributed by atoms with van der Waals surface area (Å²) in [4.78, 5) is 28.5. The van der Waals surface area contributed by atoms with Crippen LogP contribution in [-0.2, 0) is 9.53 Å². The van der Waals surface area contributed by atoms with Crippen LogP contribution in [0, 0.1) is 12.7 Å². The smallest absolute Gasteiger partial charge is 0.349 e. The Kier molecular flexibility index (Phi) is 5.20. The van der Waals surface area contributed by atoms with Gasteiger partial charge in [0.05, 0.1) is 5.69 Å². The minimum absolute atomic E-state index is 0.324. The molecule has 0 fully saturated rings. The highest BCUT2D eigenvalue weighted by atomic mass is 32.1. The van der Waals surface area contributed by atoms with Gasteiger partial charge in [-0.25, -0.2) is 14.2 Å². The zero-order chi connectivity index (χ0) is 17.8. The number of halogens is 1. The van der Waals surface area contributed by atoms with Crippen LogP contribution in [0.2, 0.25) is 0 Å². The van der Waals surface area contributed by atoms with E-state index in [1.165, 1.54) is 34.8 Å². The Bertz CT molecular complexity index is 903. The van der Waals surface area contributed by atoms with Gasteiger partial charge >= 0.3 is 5.97 Å². The predicted molar refractivity (Wildman–Crippen MR) is 95.5 cm³/mol. The summed E-state index contributed by atoms with van der Waals surface area (Å²) >= 11 is 2.51. The van der Waals surface area contributed by atoms with Gasteiger partial charge in [-0.15, -0.1) is 22.7 Å². The van der Waals surface area contributed by atoms with Crippen LogP contribution >= 0.6 is 22.7 Å². The van der Waals surface area contributed by atoms with Gasteiger partial charge in [-0.1, -0.05) is 0 Å². The normalized spacial score (nSPS) is 10.5. The Labute approximate surface area is 151 Å². The van der Waals surface area contributed by atoms with Crippen molar-refractivity contribution in [1.29, 1.82) is 0 Å². The molecule has 8 heteroatoms. The zero-order valence-corrected chi connectivity index (χ0v) is 14.7. The third kappa shape index (κ3) is 4.28. The van der Waals surface area contributed by atoms with Gasteiger partial charge in [0, 0.05) is 10.9 Å². The molecule has 25 heavy (non-hydrogen) atoms. The summed E-state index contributed by atoms with van der Waals surface area (Å²) in [5.74, 6) is -1.31. The number of nitrogens with zero attached hydrogens (tertiary/aromatic N) is 1. The Balaban J connectivity index is 1.56. The first-order valence-corrected chi connectivity index (χ1v) is 9.01. The van der Waals surface area contributed by atoms with Crippen molar-refractivity contribution in [2.75, 3.05) is 11.9 Å². The molecule has 0 radical (unpaired) electrons. The summed E-state index contributed by atoms with van der Waals surface area (Å²) < 4.78 is 17.9. The van der Waals surface area contributed by atoms with E-state index in [-0.39, 0.29) is 12.4 Å². The lowest BCUT2D eigenvalue weighted by molar-refractivity contribution is -0.119. The number of aromatic nitrogens is 1. The standard InChI is InChI=1S/C17H13FN2O3S2/c1-10-6-7-24-15(10)16(22)23-8-14(21)20-17-19-13(9-25-17)11-2-4-12(18)5-3-11/h2-7,9H,8H2,1H3,(H,19,20,21). The topological polar surface area (TPSA) is 68.3 Å². The molecule has 1 aromatic carbocycles. The van der Waals surface area contributed by atoms with Crippen LogP contribution < -0.4 is 5.32 Å². The predicted octanol–water partition coefficient (Wildman–Crippen LogP) is 4.11. The van der Waals surface area contributed by atoms with E-state index in [0.717, 1.165) is 11.1 Å². The largest absolute Gasteiger partial charge is 0.451 e. The van der Waals surface area contributed by atoms with Gasteiger partial charge in [-0.05, 0) is 48.2 Å². The number of amides is 1. The molecular formula is C17H13FN2O3S2. The molecule has 0 saturated carbocycles. The maximum absolute atomic E-state index is 12.9. The second-order valence-electron chi connectivity index (χ2n) is 5.10. The van der Waals surface area contributed by atoms with Crippen molar-refractivity contribution in [2.24, 2.45) is 0 Å². The van der Waals surface area contributed by atoms with Crippen LogP contribution in [0.4, 0.5) is 9.52 Å². The average Bonchev–Trinajstić information content (AvgIpc) is 3.22. The molecule has 1 amide bonds. The number of rotatable bonds is 5. The monoisotopic (exact) mass is 376 g/mol. The fourth-order valence-electron chi connectivity index (χ4n) is 2.02. The summed E-state index contributed by atoms with van der Waals surface area (Å²) in [6, 6.07) is 7.73. The number of nitrogens with one attached hydrogen (secondary N) is 1. The fraction of sp³-hybridized carbons (Fsp3) is 0.118. The molecule has 1 N–H and O–H groups in total. The first-order chi connectivity index (χ1) is 12.0. The number of esters is 1. The number of aryl methyl sites for hydroxylation is 1. The molecular weight excluding hydrogens is 363 g/mol. The second-order valence-corrected chi connectivity index (χ2v) is 6.88. The molecule has 2 heterocycles. The first kappa shape index (κ1) is 17.2. The Morgan fingerprint density at radius 2 is 1.96 bits per heavy atom. The minimum atomic E-state index is -0.520. The van der Waals surface area contributed by atoms with Gasteiger partial charge in [-0.3, -0.25) is 10.1 Å². The molecule has 0 unspecified atom stereocenters. The lowest BCUT2D eigenvalue weighted by atomic mass is 10.2. The molecule has 3 rings (SSSR count). The number of hydrogen-bond donors (Lipinski definition) is 1. The molecule has 2 aromatic heterocycles. The van der Waals surface area contributed by atoms with Crippen LogP contribution in [0.15, 0.2) is 41.1 Å². The molecule has 0 aliphatic rings. The van der Waals surface area contributed by atoms with E-state index >= 15 is 0 Å². The number of benzene rings is 1. The van der Waals surface area contributed by atoms with Crippen LogP contribution in [0.5, 0.6) is 0 Å². The number of carbonyl (C=O) groups is 2. The highest BCUT2D eigenvalue weighted by molar-refractivity contribution is 7.14. The Morgan fingerprint density at radius 1 is 1.20 bits per heavy atom. The number of thiophene rings is 1. The Hall–Kier alpha value is -2.58. The number of carbonyl (C=O) groups excluding carboxylic acids is 2. The lowest BCUT2D eigenvalue weighted by Crippen LogP contribution is -2.20. The number of ether oxygens (including phenoxy) is 1. The van der Waals surface area contributed by atoms with Gasteiger partial charge in [0.1, 0.15) is 10.7 Å². The van der Waals surface area contributed by atoms with Crippen molar-refractivity contribution in [1.82, 2.24) is 4.98 Å².